The van der Waals surface area contributed by atoms with E-state index in [-0.39, 0.29) is 6.04 Å². The van der Waals surface area contributed by atoms with Crippen LogP contribution in [-0.4, -0.2) is 18.6 Å². The monoisotopic (exact) mass is 225 g/mol. The number of thiazole rings is 1. The summed E-state index contributed by atoms with van der Waals surface area (Å²) >= 11 is 1.70. The maximum atomic E-state index is 5.79. The van der Waals surface area contributed by atoms with Crippen molar-refractivity contribution in [3.05, 3.63) is 11.1 Å². The fraction of sp³-hybridized carbons (Fsp3) is 0.727. The van der Waals surface area contributed by atoms with Crippen LogP contribution in [0.1, 0.15) is 37.9 Å². The molecule has 1 aromatic heterocycles. The van der Waals surface area contributed by atoms with E-state index in [0.29, 0.717) is 0 Å². The molecule has 1 fully saturated rings. The summed E-state index contributed by atoms with van der Waals surface area (Å²) in [5.74, 6) is 0.887. The van der Waals surface area contributed by atoms with Crippen LogP contribution in [0.4, 0.5) is 5.13 Å². The molecular formula is C11H19N3S. The Labute approximate surface area is 95.3 Å². The van der Waals surface area contributed by atoms with Gasteiger partial charge >= 0.3 is 0 Å². The smallest absolute Gasteiger partial charge is 0.185 e. The largest absolute Gasteiger partial charge is 0.351 e. The number of aromatic nitrogens is 1. The van der Waals surface area contributed by atoms with Crippen molar-refractivity contribution < 1.29 is 0 Å². The van der Waals surface area contributed by atoms with Crippen molar-refractivity contribution in [2.75, 3.05) is 18.5 Å². The number of nitrogens with two attached hydrogens (primary N) is 1. The summed E-state index contributed by atoms with van der Waals surface area (Å²) in [7, 11) is 2.13. The molecule has 0 spiro atoms. The maximum Gasteiger partial charge on any atom is 0.185 e. The first kappa shape index (κ1) is 10.9. The predicted molar refractivity (Wildman–Crippen MR) is 65.3 cm³/mol. The summed E-state index contributed by atoms with van der Waals surface area (Å²) < 4.78 is 0. The van der Waals surface area contributed by atoms with Gasteiger partial charge in [-0.2, -0.15) is 0 Å². The molecule has 1 aromatic rings. The van der Waals surface area contributed by atoms with Gasteiger partial charge in [0.15, 0.2) is 5.13 Å². The number of rotatable bonds is 4. The second kappa shape index (κ2) is 4.49. The summed E-state index contributed by atoms with van der Waals surface area (Å²) in [6.45, 7) is 3.12. The van der Waals surface area contributed by atoms with Crippen molar-refractivity contribution in [2.45, 2.75) is 32.2 Å². The van der Waals surface area contributed by atoms with E-state index in [2.05, 4.69) is 22.3 Å². The molecule has 0 amide bonds. The van der Waals surface area contributed by atoms with E-state index >= 15 is 0 Å². The fourth-order valence-corrected chi connectivity index (χ4v) is 2.71. The molecule has 1 aliphatic rings. The van der Waals surface area contributed by atoms with E-state index in [9.17, 15) is 0 Å². The van der Waals surface area contributed by atoms with Crippen LogP contribution in [0, 0.1) is 5.92 Å². The van der Waals surface area contributed by atoms with E-state index in [1.165, 1.54) is 19.3 Å². The normalized spacial score (nSPS) is 18.6. The van der Waals surface area contributed by atoms with Crippen molar-refractivity contribution in [3.8, 4) is 0 Å². The molecule has 0 aromatic carbocycles. The lowest BCUT2D eigenvalue weighted by Gasteiger charge is -2.29. The van der Waals surface area contributed by atoms with Crippen LogP contribution < -0.4 is 10.6 Å². The highest BCUT2D eigenvalue weighted by molar-refractivity contribution is 7.13. The summed E-state index contributed by atoms with van der Waals surface area (Å²) in [5, 5.41) is 3.17. The van der Waals surface area contributed by atoms with E-state index in [1.807, 2.05) is 6.92 Å². The lowest BCUT2D eigenvalue weighted by Crippen LogP contribution is -2.29. The minimum atomic E-state index is 0.0482. The zero-order chi connectivity index (χ0) is 10.8. The number of hydrogen-bond acceptors (Lipinski definition) is 4. The van der Waals surface area contributed by atoms with Gasteiger partial charge < -0.3 is 10.6 Å². The van der Waals surface area contributed by atoms with E-state index < -0.39 is 0 Å². The molecule has 4 heteroatoms. The molecule has 84 valence electrons. The average Bonchev–Trinajstić information content (AvgIpc) is 2.59. The molecule has 0 saturated heterocycles. The lowest BCUT2D eigenvalue weighted by atomic mass is 9.85. The first-order valence-electron chi connectivity index (χ1n) is 5.59. The molecular weight excluding hydrogens is 206 g/mol. The minimum Gasteiger partial charge on any atom is -0.351 e. The first-order chi connectivity index (χ1) is 7.16. The molecule has 0 aliphatic heterocycles. The molecule has 2 rings (SSSR count). The molecule has 0 radical (unpaired) electrons. The van der Waals surface area contributed by atoms with Gasteiger partial charge in [0.1, 0.15) is 0 Å². The maximum absolute atomic E-state index is 5.79. The Bertz CT molecular complexity index is 317. The van der Waals surface area contributed by atoms with Gasteiger partial charge in [0.05, 0.1) is 5.69 Å². The van der Waals surface area contributed by atoms with Crippen molar-refractivity contribution in [3.63, 3.8) is 0 Å². The molecule has 1 saturated carbocycles. The Morgan fingerprint density at radius 2 is 2.40 bits per heavy atom. The summed E-state index contributed by atoms with van der Waals surface area (Å²) in [6.07, 6.45) is 4.17. The standard InChI is InChI=1S/C11H19N3S/c1-8(12)10-7-15-11(13-10)14(2)6-9-4-3-5-9/h7-9H,3-6,12H2,1-2H3. The highest BCUT2D eigenvalue weighted by atomic mass is 32.1. The summed E-state index contributed by atoms with van der Waals surface area (Å²) in [5.41, 5.74) is 6.80. The molecule has 3 nitrogen and oxygen atoms in total. The van der Waals surface area contributed by atoms with E-state index in [1.54, 1.807) is 11.3 Å². The molecule has 1 aliphatic carbocycles. The minimum absolute atomic E-state index is 0.0482. The Kier molecular flexibility index (Phi) is 3.26. The van der Waals surface area contributed by atoms with Crippen LogP contribution in [0.5, 0.6) is 0 Å². The zero-order valence-corrected chi connectivity index (χ0v) is 10.3. The first-order valence-corrected chi connectivity index (χ1v) is 6.47. The topological polar surface area (TPSA) is 42.1 Å². The van der Waals surface area contributed by atoms with Gasteiger partial charge in [0.25, 0.3) is 0 Å². The predicted octanol–water partition coefficient (Wildman–Crippen LogP) is 2.40. The number of nitrogens with zero attached hydrogens (tertiary/aromatic N) is 2. The van der Waals surface area contributed by atoms with Crippen molar-refractivity contribution in [2.24, 2.45) is 11.7 Å². The van der Waals surface area contributed by atoms with Gasteiger partial charge in [0.2, 0.25) is 0 Å². The van der Waals surface area contributed by atoms with Gasteiger partial charge in [-0.25, -0.2) is 4.98 Å². The molecule has 1 heterocycles. The summed E-state index contributed by atoms with van der Waals surface area (Å²) in [6, 6.07) is 0.0482. The third-order valence-electron chi connectivity index (χ3n) is 3.06. The van der Waals surface area contributed by atoms with Gasteiger partial charge in [0, 0.05) is 25.0 Å². The number of hydrogen-bond donors (Lipinski definition) is 1. The zero-order valence-electron chi connectivity index (χ0n) is 9.44. The molecule has 0 bridgehead atoms. The highest BCUT2D eigenvalue weighted by Crippen LogP contribution is 2.29. The fourth-order valence-electron chi connectivity index (χ4n) is 1.80. The van der Waals surface area contributed by atoms with Gasteiger partial charge in [-0.15, -0.1) is 11.3 Å². The van der Waals surface area contributed by atoms with Crippen LogP contribution in [0.2, 0.25) is 0 Å². The van der Waals surface area contributed by atoms with Gasteiger partial charge in [-0.3, -0.25) is 0 Å². The van der Waals surface area contributed by atoms with Gasteiger partial charge in [-0.05, 0) is 25.7 Å². The lowest BCUT2D eigenvalue weighted by molar-refractivity contribution is 0.321. The molecule has 15 heavy (non-hydrogen) atoms. The van der Waals surface area contributed by atoms with Crippen molar-refractivity contribution in [1.82, 2.24) is 4.98 Å². The van der Waals surface area contributed by atoms with E-state index in [4.69, 9.17) is 5.73 Å². The van der Waals surface area contributed by atoms with Crippen LogP contribution >= 0.6 is 11.3 Å². The molecule has 2 N–H and O–H groups in total. The Morgan fingerprint density at radius 1 is 1.67 bits per heavy atom. The second-order valence-electron chi connectivity index (χ2n) is 4.52. The molecule has 1 atom stereocenters. The van der Waals surface area contributed by atoms with E-state index in [0.717, 1.165) is 23.3 Å². The SMILES string of the molecule is CC(N)c1csc(N(C)CC2CCC2)n1. The van der Waals surface area contributed by atoms with Gasteiger partial charge in [-0.1, -0.05) is 6.42 Å². The van der Waals surface area contributed by atoms with Crippen LogP contribution in [0.25, 0.3) is 0 Å². The Morgan fingerprint density at radius 3 is 2.87 bits per heavy atom. The van der Waals surface area contributed by atoms with Crippen LogP contribution in [0.15, 0.2) is 5.38 Å². The van der Waals surface area contributed by atoms with Crippen LogP contribution in [0.3, 0.4) is 0 Å². The molecule has 1 unspecified atom stereocenters. The van der Waals surface area contributed by atoms with Crippen molar-refractivity contribution >= 4 is 16.5 Å². The Hall–Kier alpha value is -0.610. The summed E-state index contributed by atoms with van der Waals surface area (Å²) in [4.78, 5) is 6.80. The third-order valence-corrected chi connectivity index (χ3v) is 4.03. The Balaban J connectivity index is 1.95. The number of anilines is 1. The average molecular weight is 225 g/mol. The van der Waals surface area contributed by atoms with Crippen LogP contribution in [-0.2, 0) is 0 Å². The second-order valence-corrected chi connectivity index (χ2v) is 5.36. The third kappa shape index (κ3) is 2.49. The quantitative estimate of drug-likeness (QED) is 0.855. The highest BCUT2D eigenvalue weighted by Gasteiger charge is 2.20. The van der Waals surface area contributed by atoms with Crippen molar-refractivity contribution in [1.29, 1.82) is 0 Å².